The number of ether oxygens (including phenoxy) is 1. The fourth-order valence-corrected chi connectivity index (χ4v) is 2.54. The Kier molecular flexibility index (Phi) is 4.84. The Morgan fingerprint density at radius 1 is 1.53 bits per heavy atom. The maximum Gasteiger partial charge on any atom is 0.137 e. The van der Waals surface area contributed by atoms with Crippen LogP contribution in [0.5, 0.6) is 0 Å². The van der Waals surface area contributed by atoms with Crippen LogP contribution in [-0.4, -0.2) is 37.7 Å². The number of aliphatic hydroxyl groups excluding tert-OH is 1. The third-order valence-electron chi connectivity index (χ3n) is 3.61. The van der Waals surface area contributed by atoms with Gasteiger partial charge in [0.1, 0.15) is 5.82 Å². The van der Waals surface area contributed by atoms with Crippen molar-refractivity contribution in [3.8, 4) is 0 Å². The Hall–Kier alpha value is -0.620. The first kappa shape index (κ1) is 14.8. The van der Waals surface area contributed by atoms with Gasteiger partial charge in [0.2, 0.25) is 0 Å². The van der Waals surface area contributed by atoms with E-state index in [2.05, 4.69) is 5.32 Å². The highest BCUT2D eigenvalue weighted by Gasteiger charge is 2.37. The van der Waals surface area contributed by atoms with E-state index in [-0.39, 0.29) is 23.9 Å². The first-order valence-electron chi connectivity index (χ1n) is 6.36. The van der Waals surface area contributed by atoms with Crippen molar-refractivity contribution in [2.24, 2.45) is 5.41 Å². The van der Waals surface area contributed by atoms with Crippen molar-refractivity contribution >= 4 is 11.8 Å². The fourth-order valence-electron chi connectivity index (χ4n) is 2.08. The Morgan fingerprint density at radius 3 is 2.74 bits per heavy atom. The molecule has 1 unspecified atom stereocenters. The van der Waals surface area contributed by atoms with Gasteiger partial charge in [-0.25, -0.2) is 4.39 Å². The zero-order valence-corrected chi connectivity index (χ0v) is 12.1. The van der Waals surface area contributed by atoms with Crippen LogP contribution >= 0.6 is 11.8 Å². The van der Waals surface area contributed by atoms with E-state index in [1.54, 1.807) is 6.07 Å². The van der Waals surface area contributed by atoms with Gasteiger partial charge in [0, 0.05) is 17.5 Å². The van der Waals surface area contributed by atoms with E-state index in [0.29, 0.717) is 24.7 Å². The molecule has 1 heterocycles. The van der Waals surface area contributed by atoms with Gasteiger partial charge in [-0.15, -0.1) is 11.8 Å². The first-order valence-corrected chi connectivity index (χ1v) is 7.58. The summed E-state index contributed by atoms with van der Waals surface area (Å²) in [7, 11) is 0. The Labute approximate surface area is 117 Å². The summed E-state index contributed by atoms with van der Waals surface area (Å²) in [6, 6.07) is 5.37. The molecule has 0 aliphatic carbocycles. The van der Waals surface area contributed by atoms with Crippen LogP contribution in [0.1, 0.15) is 18.5 Å². The molecule has 19 heavy (non-hydrogen) atoms. The number of halogens is 1. The van der Waals surface area contributed by atoms with Gasteiger partial charge in [-0.2, -0.15) is 0 Å². The summed E-state index contributed by atoms with van der Waals surface area (Å²) in [6.07, 6.45) is 1.86. The number of nitrogens with one attached hydrogen (secondary N) is 1. The summed E-state index contributed by atoms with van der Waals surface area (Å²) < 4.78 is 18.9. The molecule has 1 aliphatic rings. The lowest BCUT2D eigenvalue weighted by atomic mass is 9.86. The van der Waals surface area contributed by atoms with Gasteiger partial charge in [0.25, 0.3) is 0 Å². The topological polar surface area (TPSA) is 41.5 Å². The molecule has 0 spiro atoms. The molecular weight excluding hydrogens is 265 g/mol. The van der Waals surface area contributed by atoms with Crippen molar-refractivity contribution < 1.29 is 14.2 Å². The SMILES string of the molecule is CSc1ccc(C(C)NCC2(CO)COC2)cc1F. The van der Waals surface area contributed by atoms with Crippen LogP contribution in [0.4, 0.5) is 4.39 Å². The molecule has 0 saturated carbocycles. The highest BCUT2D eigenvalue weighted by molar-refractivity contribution is 7.98. The third kappa shape index (κ3) is 3.28. The van der Waals surface area contributed by atoms with Crippen molar-refractivity contribution in [2.45, 2.75) is 17.9 Å². The number of rotatable bonds is 6. The lowest BCUT2D eigenvalue weighted by Crippen LogP contribution is -2.52. The van der Waals surface area contributed by atoms with Gasteiger partial charge in [0.15, 0.2) is 0 Å². The molecule has 1 aliphatic heterocycles. The maximum atomic E-state index is 13.7. The molecule has 1 aromatic carbocycles. The van der Waals surface area contributed by atoms with E-state index < -0.39 is 0 Å². The van der Waals surface area contributed by atoms with Crippen LogP contribution in [0.15, 0.2) is 23.1 Å². The molecule has 2 N–H and O–H groups in total. The summed E-state index contributed by atoms with van der Waals surface area (Å²) in [6.45, 7) is 3.97. The van der Waals surface area contributed by atoms with E-state index in [4.69, 9.17) is 4.74 Å². The van der Waals surface area contributed by atoms with E-state index in [1.165, 1.54) is 11.8 Å². The molecule has 0 bridgehead atoms. The number of benzene rings is 1. The van der Waals surface area contributed by atoms with Crippen LogP contribution in [-0.2, 0) is 4.74 Å². The Morgan fingerprint density at radius 2 is 2.26 bits per heavy atom. The largest absolute Gasteiger partial charge is 0.396 e. The molecule has 0 amide bonds. The second-order valence-electron chi connectivity index (χ2n) is 5.15. The van der Waals surface area contributed by atoms with Gasteiger partial charge in [-0.3, -0.25) is 0 Å². The number of aliphatic hydroxyl groups is 1. The van der Waals surface area contributed by atoms with Gasteiger partial charge in [-0.05, 0) is 30.9 Å². The van der Waals surface area contributed by atoms with E-state index in [9.17, 15) is 9.50 Å². The number of hydrogen-bond acceptors (Lipinski definition) is 4. The second kappa shape index (κ2) is 6.22. The molecule has 1 fully saturated rings. The van der Waals surface area contributed by atoms with Crippen LogP contribution < -0.4 is 5.32 Å². The monoisotopic (exact) mass is 285 g/mol. The van der Waals surface area contributed by atoms with Crippen molar-refractivity contribution in [3.63, 3.8) is 0 Å². The van der Waals surface area contributed by atoms with Crippen molar-refractivity contribution in [1.82, 2.24) is 5.32 Å². The van der Waals surface area contributed by atoms with Crippen molar-refractivity contribution in [1.29, 1.82) is 0 Å². The third-order valence-corrected chi connectivity index (χ3v) is 4.38. The van der Waals surface area contributed by atoms with Crippen LogP contribution in [0, 0.1) is 11.2 Å². The second-order valence-corrected chi connectivity index (χ2v) is 6.00. The summed E-state index contributed by atoms with van der Waals surface area (Å²) >= 11 is 1.40. The fraction of sp³-hybridized carbons (Fsp3) is 0.571. The predicted molar refractivity (Wildman–Crippen MR) is 74.9 cm³/mol. The highest BCUT2D eigenvalue weighted by Crippen LogP contribution is 2.27. The van der Waals surface area contributed by atoms with Gasteiger partial charge >= 0.3 is 0 Å². The molecule has 3 nitrogen and oxygen atoms in total. The molecule has 1 aromatic rings. The molecule has 0 aromatic heterocycles. The molecule has 1 atom stereocenters. The predicted octanol–water partition coefficient (Wildman–Crippen LogP) is 2.21. The summed E-state index contributed by atoms with van der Waals surface area (Å²) in [5.41, 5.74) is 0.759. The minimum atomic E-state index is -0.178. The summed E-state index contributed by atoms with van der Waals surface area (Å²) in [5.74, 6) is -0.178. The molecule has 2 rings (SSSR count). The zero-order chi connectivity index (χ0) is 13.9. The molecule has 5 heteroatoms. The lowest BCUT2D eigenvalue weighted by Gasteiger charge is -2.40. The number of hydrogen-bond donors (Lipinski definition) is 2. The van der Waals surface area contributed by atoms with E-state index in [0.717, 1.165) is 5.56 Å². The Bertz CT molecular complexity index is 432. The average Bonchev–Trinajstić information content (AvgIpc) is 2.37. The van der Waals surface area contributed by atoms with Crippen molar-refractivity contribution in [2.75, 3.05) is 32.6 Å². The standard InChI is InChI=1S/C14H20FNO2S/c1-10(16-6-14(7-17)8-18-9-14)11-3-4-13(19-2)12(15)5-11/h3-5,10,16-17H,6-9H2,1-2H3. The summed E-state index contributed by atoms with van der Waals surface area (Å²) in [4.78, 5) is 0.662. The molecular formula is C14H20FNO2S. The van der Waals surface area contributed by atoms with E-state index in [1.807, 2.05) is 25.3 Å². The molecule has 1 saturated heterocycles. The van der Waals surface area contributed by atoms with Crippen LogP contribution in [0.25, 0.3) is 0 Å². The van der Waals surface area contributed by atoms with Crippen molar-refractivity contribution in [3.05, 3.63) is 29.6 Å². The van der Waals surface area contributed by atoms with Crippen LogP contribution in [0.3, 0.4) is 0 Å². The van der Waals surface area contributed by atoms with Crippen LogP contribution in [0.2, 0.25) is 0 Å². The van der Waals surface area contributed by atoms with Gasteiger partial charge < -0.3 is 15.2 Å². The zero-order valence-electron chi connectivity index (χ0n) is 11.3. The molecule has 106 valence electrons. The normalized spacial score (nSPS) is 18.9. The smallest absolute Gasteiger partial charge is 0.137 e. The molecule has 0 radical (unpaired) electrons. The van der Waals surface area contributed by atoms with E-state index >= 15 is 0 Å². The minimum absolute atomic E-state index is 0.0504. The number of thioether (sulfide) groups is 1. The minimum Gasteiger partial charge on any atom is -0.396 e. The quantitative estimate of drug-likeness (QED) is 0.786. The summed E-state index contributed by atoms with van der Waals surface area (Å²) in [5, 5.41) is 12.7. The lowest BCUT2D eigenvalue weighted by molar-refractivity contribution is -0.135. The highest BCUT2D eigenvalue weighted by atomic mass is 32.2. The Balaban J connectivity index is 1.96. The maximum absolute atomic E-state index is 13.7. The van der Waals surface area contributed by atoms with Gasteiger partial charge in [-0.1, -0.05) is 6.07 Å². The average molecular weight is 285 g/mol. The first-order chi connectivity index (χ1) is 9.10. The van der Waals surface area contributed by atoms with Gasteiger partial charge in [0.05, 0.1) is 25.2 Å².